The Kier molecular flexibility index (Phi) is 8.91. The van der Waals surface area contributed by atoms with E-state index in [2.05, 4.69) is 38.1 Å². The molecule has 0 nitrogen and oxygen atoms in total. The third-order valence-corrected chi connectivity index (χ3v) is 29.3. The van der Waals surface area contributed by atoms with Crippen LogP contribution in [0.4, 0.5) is 26.3 Å². The van der Waals surface area contributed by atoms with E-state index in [1.54, 1.807) is 24.3 Å². The summed E-state index contributed by atoms with van der Waals surface area (Å²) in [5, 5.41) is 0. The van der Waals surface area contributed by atoms with Gasteiger partial charge in [0.15, 0.2) is 0 Å². The Hall–Kier alpha value is -2.61. The number of allylic oxidation sites excluding steroid dienone is 2. The molecule has 1 heterocycles. The zero-order valence-electron chi connectivity index (χ0n) is 24.3. The van der Waals surface area contributed by atoms with E-state index in [9.17, 15) is 26.3 Å². The van der Waals surface area contributed by atoms with Gasteiger partial charge < -0.3 is 24.8 Å². The summed E-state index contributed by atoms with van der Waals surface area (Å²) in [4.78, 5) is 0. The Morgan fingerprint density at radius 2 is 0.889 bits per heavy atom. The molecule has 1 fully saturated rings. The number of rotatable bonds is 4. The van der Waals surface area contributed by atoms with Crippen LogP contribution in [-0.4, -0.2) is 0 Å². The fourth-order valence-electron chi connectivity index (χ4n) is 7.70. The van der Waals surface area contributed by atoms with Crippen LogP contribution in [0.25, 0.3) is 34.4 Å². The van der Waals surface area contributed by atoms with Gasteiger partial charge in [0.1, 0.15) is 0 Å². The quantitative estimate of drug-likeness (QED) is 0.184. The molecule has 9 heteroatoms. The fourth-order valence-corrected chi connectivity index (χ4v) is 35.9. The molecule has 45 heavy (non-hydrogen) atoms. The molecule has 4 aromatic carbocycles. The van der Waals surface area contributed by atoms with Gasteiger partial charge in [0.25, 0.3) is 0 Å². The number of fused-ring (bicyclic) bond motifs is 2. The van der Waals surface area contributed by atoms with Crippen LogP contribution in [0.2, 0.25) is 8.35 Å². The number of halogens is 8. The van der Waals surface area contributed by atoms with Gasteiger partial charge in [-0.1, -0.05) is 0 Å². The molecule has 2 atom stereocenters. The number of hydrogen-bond donors (Lipinski definition) is 0. The van der Waals surface area contributed by atoms with Gasteiger partial charge in [-0.25, -0.2) is 0 Å². The van der Waals surface area contributed by atoms with Crippen molar-refractivity contribution in [2.45, 2.75) is 41.9 Å². The third kappa shape index (κ3) is 5.67. The van der Waals surface area contributed by atoms with Crippen molar-refractivity contribution in [3.8, 4) is 22.3 Å². The zero-order valence-corrected chi connectivity index (χ0v) is 29.4. The van der Waals surface area contributed by atoms with Crippen LogP contribution in [0.3, 0.4) is 0 Å². The van der Waals surface area contributed by atoms with E-state index < -0.39 is 43.4 Å². The second-order valence-electron chi connectivity index (χ2n) is 12.1. The second-order valence-corrected chi connectivity index (χ2v) is 28.7. The predicted octanol–water partition coefficient (Wildman–Crippen LogP) is 5.69. The molecule has 0 N–H and O–H groups in total. The molecule has 0 spiro atoms. The molecule has 2 aliphatic carbocycles. The molecule has 0 bridgehead atoms. The summed E-state index contributed by atoms with van der Waals surface area (Å²) in [7, 11) is 0. The number of alkyl halides is 6. The third-order valence-electron chi connectivity index (χ3n) is 9.58. The minimum absolute atomic E-state index is 0. The van der Waals surface area contributed by atoms with Gasteiger partial charge >= 0.3 is 252 Å². The Balaban J connectivity index is 0.00000200. The van der Waals surface area contributed by atoms with Crippen LogP contribution in [0.15, 0.2) is 96.1 Å². The smallest absolute Gasteiger partial charge is 1.00 e. The largest absolute Gasteiger partial charge is 1.00 e. The molecular formula is C36H28Cl2F6Hf. The first kappa shape index (κ1) is 33.7. The Morgan fingerprint density at radius 1 is 0.533 bits per heavy atom. The van der Waals surface area contributed by atoms with Gasteiger partial charge in [0.2, 0.25) is 0 Å². The van der Waals surface area contributed by atoms with Crippen molar-refractivity contribution in [1.82, 2.24) is 0 Å². The molecule has 0 aromatic heterocycles. The van der Waals surface area contributed by atoms with Crippen LogP contribution >= 0.6 is 0 Å². The predicted molar refractivity (Wildman–Crippen MR) is 156 cm³/mol. The molecule has 3 aliphatic rings. The van der Waals surface area contributed by atoms with Crippen LogP contribution in [0.1, 0.15) is 54.6 Å². The Bertz CT molecular complexity index is 1680. The fraction of sp³-hybridized carbons (Fsp3) is 0.222. The standard InChI is InChI=1S/2C17H12F3.C2H4.2ClH.Hf/c2*1-11-9-13-3-2-4-15(16(13)10-11)12-5-7-14(8-6-12)17(18,19)20;1-2;;;/h2*2-10H,1H3;1-2H2;2*1H;/q;;;;;+2/p-2. The van der Waals surface area contributed by atoms with Crippen molar-refractivity contribution in [3.05, 3.63) is 129 Å². The molecule has 2 unspecified atom stereocenters. The second kappa shape index (κ2) is 11.9. The van der Waals surface area contributed by atoms with Gasteiger partial charge in [0, 0.05) is 0 Å². The molecular weight excluding hydrogens is 796 g/mol. The van der Waals surface area contributed by atoms with E-state index in [4.69, 9.17) is 0 Å². The van der Waals surface area contributed by atoms with Crippen molar-refractivity contribution < 1.29 is 71.1 Å². The first-order chi connectivity index (χ1) is 20.4. The van der Waals surface area contributed by atoms with E-state index in [1.165, 1.54) is 30.6 Å². The maximum atomic E-state index is 13.2. The van der Waals surface area contributed by atoms with E-state index in [0.717, 1.165) is 57.6 Å². The topological polar surface area (TPSA) is 0 Å². The normalized spacial score (nSPS) is 18.8. The van der Waals surface area contributed by atoms with Crippen LogP contribution in [-0.2, 0) is 32.3 Å². The zero-order chi connectivity index (χ0) is 30.3. The van der Waals surface area contributed by atoms with Crippen molar-refractivity contribution >= 4 is 12.2 Å². The van der Waals surface area contributed by atoms with Crippen LogP contribution in [0, 0.1) is 0 Å². The first-order valence-corrected chi connectivity index (χ1v) is 23.6. The maximum absolute atomic E-state index is 13.2. The van der Waals surface area contributed by atoms with Crippen molar-refractivity contribution in [2.24, 2.45) is 0 Å². The van der Waals surface area contributed by atoms with E-state index in [0.29, 0.717) is 7.35 Å². The molecule has 7 rings (SSSR count). The van der Waals surface area contributed by atoms with Gasteiger partial charge in [-0.2, -0.15) is 0 Å². The number of benzene rings is 4. The van der Waals surface area contributed by atoms with Gasteiger partial charge in [-0.15, -0.1) is 0 Å². The minimum atomic E-state index is -4.37. The summed E-state index contributed by atoms with van der Waals surface area (Å²) in [6.07, 6.45) is -4.25. The molecule has 0 saturated carbocycles. The van der Waals surface area contributed by atoms with Crippen molar-refractivity contribution in [2.75, 3.05) is 0 Å². The summed E-state index contributed by atoms with van der Waals surface area (Å²) < 4.78 is 82.5. The monoisotopic (exact) mass is 824 g/mol. The Morgan fingerprint density at radius 3 is 1.20 bits per heavy atom. The van der Waals surface area contributed by atoms with Gasteiger partial charge in [-0.05, 0) is 0 Å². The van der Waals surface area contributed by atoms with Crippen LogP contribution in [0.5, 0.6) is 0 Å². The maximum Gasteiger partial charge on any atom is -1.00 e. The molecule has 0 radical (unpaired) electrons. The van der Waals surface area contributed by atoms with E-state index in [-0.39, 0.29) is 24.8 Å². The summed E-state index contributed by atoms with van der Waals surface area (Å²) in [5.74, 6) is 0. The average molecular weight is 824 g/mol. The van der Waals surface area contributed by atoms with Crippen molar-refractivity contribution in [1.29, 1.82) is 0 Å². The summed E-state index contributed by atoms with van der Waals surface area (Å²) >= 11 is -3.12. The van der Waals surface area contributed by atoms with Gasteiger partial charge in [0.05, 0.1) is 0 Å². The molecule has 1 aliphatic heterocycles. The molecule has 232 valence electrons. The minimum Gasteiger partial charge on any atom is -1.00 e. The Labute approximate surface area is 275 Å². The van der Waals surface area contributed by atoms with Crippen LogP contribution < -0.4 is 24.8 Å². The van der Waals surface area contributed by atoms with E-state index in [1.807, 2.05) is 24.3 Å². The molecule has 1 saturated heterocycles. The average Bonchev–Trinajstić information content (AvgIpc) is 3.54. The summed E-state index contributed by atoms with van der Waals surface area (Å²) in [5.41, 5.74) is 9.69. The molecule has 0 amide bonds. The first-order valence-electron chi connectivity index (χ1n) is 14.4. The number of hydrogen-bond acceptors (Lipinski definition) is 0. The molecule has 4 aromatic rings. The summed E-state index contributed by atoms with van der Waals surface area (Å²) in [6, 6.07) is 23.3. The van der Waals surface area contributed by atoms with E-state index >= 15 is 0 Å². The van der Waals surface area contributed by atoms with Gasteiger partial charge in [-0.3, -0.25) is 0 Å². The summed E-state index contributed by atoms with van der Waals surface area (Å²) in [6.45, 7) is 4.41. The SMILES string of the molecule is CC1=Cc2c(-c3ccc(C(F)(F)F)cc3)cccc2[CH]1[Hf+2]1([CH]2C(C)=Cc3c(-c4ccc(C(F)(F)F)cc4)cccc32)[CH2][CH2]1.[Cl-].[Cl-]. The van der Waals surface area contributed by atoms with Crippen molar-refractivity contribution in [3.63, 3.8) is 0 Å².